The van der Waals surface area contributed by atoms with E-state index in [-0.39, 0.29) is 0 Å². The summed E-state index contributed by atoms with van der Waals surface area (Å²) >= 11 is 1.56. The summed E-state index contributed by atoms with van der Waals surface area (Å²) in [6.07, 6.45) is 12.6. The molecule has 134 valence electrons. The average Bonchev–Trinajstić information content (AvgIpc) is 3.17. The van der Waals surface area contributed by atoms with Gasteiger partial charge in [-0.25, -0.2) is 9.97 Å². The molecule has 0 unspecified atom stereocenters. The molecule has 1 saturated heterocycles. The second kappa shape index (κ2) is 8.10. The van der Waals surface area contributed by atoms with Gasteiger partial charge in [0.2, 0.25) is 5.95 Å². The average molecular weight is 359 g/mol. The fraction of sp³-hybridized carbons (Fsp3) is 0.611. The van der Waals surface area contributed by atoms with Crippen molar-refractivity contribution in [3.05, 3.63) is 23.3 Å². The molecule has 7 heteroatoms. The largest absolute Gasteiger partial charge is 0.367 e. The molecule has 2 aromatic heterocycles. The van der Waals surface area contributed by atoms with Gasteiger partial charge in [0.05, 0.1) is 0 Å². The van der Waals surface area contributed by atoms with Gasteiger partial charge >= 0.3 is 0 Å². The number of hydrogen-bond donors (Lipinski definition) is 3. The number of rotatable bonds is 5. The lowest BCUT2D eigenvalue weighted by molar-refractivity contribution is 0.451. The van der Waals surface area contributed by atoms with Crippen molar-refractivity contribution in [3.63, 3.8) is 0 Å². The highest BCUT2D eigenvalue weighted by Crippen LogP contribution is 2.32. The Balaban J connectivity index is 1.57. The summed E-state index contributed by atoms with van der Waals surface area (Å²) in [6, 6.07) is 0.539. The number of piperidine rings is 1. The lowest BCUT2D eigenvalue weighted by Gasteiger charge is -2.28. The van der Waals surface area contributed by atoms with Crippen molar-refractivity contribution < 1.29 is 0 Å². The first kappa shape index (κ1) is 16.7. The summed E-state index contributed by atoms with van der Waals surface area (Å²) in [6.45, 7) is 2.15. The monoisotopic (exact) mass is 358 g/mol. The Morgan fingerprint density at radius 1 is 1.04 bits per heavy atom. The molecule has 0 spiro atoms. The van der Waals surface area contributed by atoms with Crippen molar-refractivity contribution in [3.8, 4) is 0 Å². The standard InChI is InChI=1S/C18H26N6S/c1-2-4-14(5-3-1)22-16-15(13-6-8-19-9-7-13)12-21-17(23-16)24-18-20-10-11-25-18/h10-14,19H,1-9H2,(H2,20,21,22,23,24). The van der Waals surface area contributed by atoms with E-state index in [0.29, 0.717) is 17.9 Å². The number of nitrogens with zero attached hydrogens (tertiary/aromatic N) is 3. The van der Waals surface area contributed by atoms with Gasteiger partial charge in [0.25, 0.3) is 0 Å². The van der Waals surface area contributed by atoms with Crippen molar-refractivity contribution >= 4 is 28.2 Å². The number of anilines is 3. The van der Waals surface area contributed by atoms with Crippen LogP contribution in [0.4, 0.5) is 16.9 Å². The van der Waals surface area contributed by atoms with E-state index >= 15 is 0 Å². The molecule has 0 radical (unpaired) electrons. The molecule has 4 rings (SSSR count). The molecule has 3 heterocycles. The number of thiazole rings is 1. The number of hydrogen-bond acceptors (Lipinski definition) is 7. The van der Waals surface area contributed by atoms with Crippen LogP contribution in [0.2, 0.25) is 0 Å². The van der Waals surface area contributed by atoms with E-state index in [0.717, 1.165) is 36.9 Å². The Hall–Kier alpha value is -1.73. The van der Waals surface area contributed by atoms with Gasteiger partial charge in [0.1, 0.15) is 5.82 Å². The van der Waals surface area contributed by atoms with Gasteiger partial charge in [-0.05, 0) is 44.7 Å². The van der Waals surface area contributed by atoms with E-state index in [9.17, 15) is 0 Å². The topological polar surface area (TPSA) is 74.8 Å². The molecule has 0 bridgehead atoms. The minimum absolute atomic E-state index is 0.539. The van der Waals surface area contributed by atoms with Crippen LogP contribution in [0.25, 0.3) is 0 Å². The summed E-state index contributed by atoms with van der Waals surface area (Å²) in [5.41, 5.74) is 1.27. The Kier molecular flexibility index (Phi) is 5.42. The van der Waals surface area contributed by atoms with Crippen LogP contribution in [0.5, 0.6) is 0 Å². The van der Waals surface area contributed by atoms with Crippen LogP contribution in [-0.4, -0.2) is 34.1 Å². The molecular formula is C18H26N6S. The highest BCUT2D eigenvalue weighted by molar-refractivity contribution is 7.13. The molecular weight excluding hydrogens is 332 g/mol. The van der Waals surface area contributed by atoms with Crippen molar-refractivity contribution in [2.45, 2.75) is 56.9 Å². The minimum Gasteiger partial charge on any atom is -0.367 e. The van der Waals surface area contributed by atoms with E-state index in [1.54, 1.807) is 17.5 Å². The molecule has 0 amide bonds. The van der Waals surface area contributed by atoms with E-state index in [2.05, 4.69) is 25.9 Å². The molecule has 25 heavy (non-hydrogen) atoms. The Morgan fingerprint density at radius 3 is 2.64 bits per heavy atom. The molecule has 1 aliphatic carbocycles. The molecule has 1 saturated carbocycles. The van der Waals surface area contributed by atoms with Crippen molar-refractivity contribution in [1.82, 2.24) is 20.3 Å². The maximum atomic E-state index is 4.83. The number of aromatic nitrogens is 3. The molecule has 2 fully saturated rings. The lowest BCUT2D eigenvalue weighted by atomic mass is 9.90. The second-order valence-electron chi connectivity index (χ2n) is 6.96. The third-order valence-corrected chi connectivity index (χ3v) is 5.88. The van der Waals surface area contributed by atoms with Crippen LogP contribution in [0, 0.1) is 0 Å². The normalized spacial score (nSPS) is 19.7. The molecule has 1 aliphatic heterocycles. The first-order chi connectivity index (χ1) is 12.4. The van der Waals surface area contributed by atoms with Crippen molar-refractivity contribution in [2.75, 3.05) is 23.7 Å². The van der Waals surface area contributed by atoms with Gasteiger partial charge in [-0.3, -0.25) is 5.32 Å². The summed E-state index contributed by atoms with van der Waals surface area (Å²) < 4.78 is 0. The van der Waals surface area contributed by atoms with E-state index in [1.165, 1.54) is 37.7 Å². The summed E-state index contributed by atoms with van der Waals surface area (Å²) in [4.78, 5) is 13.7. The molecule has 0 aromatic carbocycles. The van der Waals surface area contributed by atoms with Crippen LogP contribution >= 0.6 is 11.3 Å². The van der Waals surface area contributed by atoms with Crippen LogP contribution in [0.1, 0.15) is 56.4 Å². The Bertz CT molecular complexity index is 662. The molecule has 2 aromatic rings. The van der Waals surface area contributed by atoms with Gasteiger partial charge in [-0.15, -0.1) is 11.3 Å². The Morgan fingerprint density at radius 2 is 1.88 bits per heavy atom. The second-order valence-corrected chi connectivity index (χ2v) is 7.86. The summed E-state index contributed by atoms with van der Waals surface area (Å²) in [5, 5.41) is 13.2. The lowest BCUT2D eigenvalue weighted by Crippen LogP contribution is -2.29. The van der Waals surface area contributed by atoms with Gasteiger partial charge in [0, 0.05) is 29.4 Å². The first-order valence-electron chi connectivity index (χ1n) is 9.39. The van der Waals surface area contributed by atoms with Crippen LogP contribution < -0.4 is 16.0 Å². The van der Waals surface area contributed by atoms with E-state index < -0.39 is 0 Å². The number of nitrogens with one attached hydrogen (secondary N) is 3. The van der Waals surface area contributed by atoms with Crippen LogP contribution in [0.15, 0.2) is 17.8 Å². The molecule has 3 N–H and O–H groups in total. The smallest absolute Gasteiger partial charge is 0.230 e. The zero-order valence-electron chi connectivity index (χ0n) is 14.5. The maximum Gasteiger partial charge on any atom is 0.230 e. The third-order valence-electron chi connectivity index (χ3n) is 5.19. The van der Waals surface area contributed by atoms with Gasteiger partial charge < -0.3 is 10.6 Å². The quantitative estimate of drug-likeness (QED) is 0.753. The van der Waals surface area contributed by atoms with Crippen LogP contribution in [0.3, 0.4) is 0 Å². The minimum atomic E-state index is 0.539. The fourth-order valence-electron chi connectivity index (χ4n) is 3.82. The van der Waals surface area contributed by atoms with Gasteiger partial charge in [-0.2, -0.15) is 4.98 Å². The predicted octanol–water partition coefficient (Wildman–Crippen LogP) is 3.89. The SMILES string of the molecule is c1csc(Nc2ncc(C3CCNCC3)c(NC3CCCCC3)n2)n1. The van der Waals surface area contributed by atoms with Gasteiger partial charge in [-0.1, -0.05) is 19.3 Å². The zero-order valence-corrected chi connectivity index (χ0v) is 15.3. The molecule has 6 nitrogen and oxygen atoms in total. The summed E-state index contributed by atoms with van der Waals surface area (Å²) in [5.74, 6) is 2.19. The van der Waals surface area contributed by atoms with Crippen LogP contribution in [-0.2, 0) is 0 Å². The van der Waals surface area contributed by atoms with Crippen molar-refractivity contribution in [2.24, 2.45) is 0 Å². The Labute approximate surface area is 152 Å². The van der Waals surface area contributed by atoms with E-state index in [4.69, 9.17) is 4.98 Å². The highest BCUT2D eigenvalue weighted by atomic mass is 32.1. The summed E-state index contributed by atoms with van der Waals surface area (Å²) in [7, 11) is 0. The predicted molar refractivity (Wildman–Crippen MR) is 103 cm³/mol. The zero-order chi connectivity index (χ0) is 16.9. The maximum absolute atomic E-state index is 4.83. The van der Waals surface area contributed by atoms with Gasteiger partial charge in [0.15, 0.2) is 5.13 Å². The highest BCUT2D eigenvalue weighted by Gasteiger charge is 2.22. The fourth-order valence-corrected chi connectivity index (χ4v) is 4.34. The van der Waals surface area contributed by atoms with Crippen molar-refractivity contribution in [1.29, 1.82) is 0 Å². The first-order valence-corrected chi connectivity index (χ1v) is 10.3. The molecule has 0 atom stereocenters. The molecule has 2 aliphatic rings. The van der Waals surface area contributed by atoms with E-state index in [1.807, 2.05) is 11.6 Å². The third kappa shape index (κ3) is 4.27.